The number of aromatic amines is 1. The third kappa shape index (κ3) is 5.48. The van der Waals surface area contributed by atoms with Gasteiger partial charge < -0.3 is 29.6 Å². The minimum atomic E-state index is -0.655. The van der Waals surface area contributed by atoms with Crippen molar-refractivity contribution in [1.29, 1.82) is 0 Å². The first-order valence-corrected chi connectivity index (χ1v) is 9.06. The van der Waals surface area contributed by atoms with Gasteiger partial charge in [0.1, 0.15) is 25.1 Å². The number of fused-ring (bicyclic) bond motifs is 1. The molecular formula is C21H24N2O5. The number of benzene rings is 2. The number of hydrogen-bond donors (Lipinski definition) is 3. The average Bonchev–Trinajstić information content (AvgIpc) is 2.72. The van der Waals surface area contributed by atoms with E-state index in [1.807, 2.05) is 30.3 Å². The van der Waals surface area contributed by atoms with Crippen LogP contribution >= 0.6 is 0 Å². The Kier molecular flexibility index (Phi) is 6.89. The second kappa shape index (κ2) is 9.77. The summed E-state index contributed by atoms with van der Waals surface area (Å²) in [5.41, 5.74) is 0.606. The number of aliphatic hydroxyl groups is 1. The van der Waals surface area contributed by atoms with E-state index in [-0.39, 0.29) is 12.2 Å². The molecule has 3 aromatic rings. The molecule has 0 saturated carbocycles. The molecule has 0 radical (unpaired) electrons. The van der Waals surface area contributed by atoms with E-state index >= 15 is 0 Å². The molecule has 28 heavy (non-hydrogen) atoms. The number of aromatic nitrogens is 1. The topological polar surface area (TPSA) is 92.8 Å². The first-order valence-electron chi connectivity index (χ1n) is 9.06. The zero-order valence-electron chi connectivity index (χ0n) is 15.7. The lowest BCUT2D eigenvalue weighted by Crippen LogP contribution is -2.33. The molecule has 3 N–H and O–H groups in total. The molecule has 3 rings (SSSR count). The highest BCUT2D eigenvalue weighted by molar-refractivity contribution is 5.79. The van der Waals surface area contributed by atoms with Crippen LogP contribution in [0.15, 0.2) is 59.4 Å². The van der Waals surface area contributed by atoms with Gasteiger partial charge in [0, 0.05) is 30.1 Å². The number of aliphatic hydroxyl groups excluding tert-OH is 1. The van der Waals surface area contributed by atoms with Crippen molar-refractivity contribution < 1.29 is 19.3 Å². The summed E-state index contributed by atoms with van der Waals surface area (Å²) in [7, 11) is 1.60. The molecule has 0 amide bonds. The van der Waals surface area contributed by atoms with Gasteiger partial charge in [-0.3, -0.25) is 4.79 Å². The van der Waals surface area contributed by atoms with Gasteiger partial charge in [0.2, 0.25) is 5.56 Å². The van der Waals surface area contributed by atoms with Gasteiger partial charge in [-0.1, -0.05) is 12.1 Å². The van der Waals surface area contributed by atoms with E-state index in [1.165, 1.54) is 6.07 Å². The van der Waals surface area contributed by atoms with Gasteiger partial charge in [-0.05, 0) is 36.4 Å². The standard InChI is InChI=1S/C21H24N2O5/c1-26-19-4-2-3-5-20(19)27-11-10-22-13-16(24)14-28-17-7-8-18-15(12-17)6-9-21(25)23-18/h2-9,12,16,22,24H,10-11,13-14H2,1H3,(H,23,25)/t16-/m0/s1. The number of methoxy groups -OCH3 is 1. The molecule has 7 nitrogen and oxygen atoms in total. The second-order valence-electron chi connectivity index (χ2n) is 6.24. The van der Waals surface area contributed by atoms with Crippen LogP contribution in [0.4, 0.5) is 0 Å². The van der Waals surface area contributed by atoms with Crippen LogP contribution in [0, 0.1) is 0 Å². The van der Waals surface area contributed by atoms with E-state index in [2.05, 4.69) is 10.3 Å². The van der Waals surface area contributed by atoms with E-state index in [0.717, 1.165) is 10.9 Å². The molecule has 0 aliphatic carbocycles. The lowest BCUT2D eigenvalue weighted by molar-refractivity contribution is 0.105. The molecular weight excluding hydrogens is 360 g/mol. The van der Waals surface area contributed by atoms with E-state index in [0.29, 0.717) is 36.9 Å². The van der Waals surface area contributed by atoms with Crippen LogP contribution in [0.3, 0.4) is 0 Å². The maximum atomic E-state index is 11.3. The van der Waals surface area contributed by atoms with Crippen molar-refractivity contribution in [3.8, 4) is 17.2 Å². The summed E-state index contributed by atoms with van der Waals surface area (Å²) < 4.78 is 16.5. The molecule has 1 heterocycles. The van der Waals surface area contributed by atoms with E-state index in [4.69, 9.17) is 14.2 Å². The number of rotatable bonds is 10. The summed E-state index contributed by atoms with van der Waals surface area (Å²) in [4.78, 5) is 14.1. The van der Waals surface area contributed by atoms with Gasteiger partial charge in [-0.25, -0.2) is 0 Å². The Labute approximate surface area is 162 Å². The Morgan fingerprint density at radius 1 is 1.07 bits per heavy atom. The second-order valence-corrected chi connectivity index (χ2v) is 6.24. The number of H-pyrrole nitrogens is 1. The maximum absolute atomic E-state index is 11.3. The Hall–Kier alpha value is -3.03. The Balaban J connectivity index is 1.37. The molecule has 148 valence electrons. The predicted molar refractivity (Wildman–Crippen MR) is 107 cm³/mol. The average molecular weight is 384 g/mol. The third-order valence-corrected chi connectivity index (χ3v) is 4.12. The molecule has 0 unspecified atom stereocenters. The molecule has 7 heteroatoms. The van der Waals surface area contributed by atoms with Gasteiger partial charge in [-0.2, -0.15) is 0 Å². The van der Waals surface area contributed by atoms with Crippen LogP contribution in [-0.4, -0.2) is 49.6 Å². The quantitative estimate of drug-likeness (QED) is 0.463. The van der Waals surface area contributed by atoms with Crippen molar-refractivity contribution in [1.82, 2.24) is 10.3 Å². The molecule has 0 aliphatic heterocycles. The van der Waals surface area contributed by atoms with Crippen LogP contribution in [0.5, 0.6) is 17.2 Å². The Morgan fingerprint density at radius 2 is 1.89 bits per heavy atom. The van der Waals surface area contributed by atoms with Crippen molar-refractivity contribution in [3.63, 3.8) is 0 Å². The first-order chi connectivity index (χ1) is 13.7. The van der Waals surface area contributed by atoms with Crippen molar-refractivity contribution in [3.05, 3.63) is 65.0 Å². The summed E-state index contributed by atoms with van der Waals surface area (Å²) in [5.74, 6) is 2.02. The summed E-state index contributed by atoms with van der Waals surface area (Å²) >= 11 is 0. The summed E-state index contributed by atoms with van der Waals surface area (Å²) in [6.45, 7) is 1.58. The van der Waals surface area contributed by atoms with Crippen LogP contribution in [0.2, 0.25) is 0 Å². The number of pyridine rings is 1. The Bertz CT molecular complexity index is 957. The largest absolute Gasteiger partial charge is 0.493 e. The van der Waals surface area contributed by atoms with E-state index in [1.54, 1.807) is 25.3 Å². The molecule has 1 atom stereocenters. The van der Waals surface area contributed by atoms with Crippen LogP contribution in [-0.2, 0) is 0 Å². The zero-order chi connectivity index (χ0) is 19.8. The summed E-state index contributed by atoms with van der Waals surface area (Å²) in [6, 6.07) is 16.0. The molecule has 0 fully saturated rings. The van der Waals surface area contributed by atoms with Crippen molar-refractivity contribution in [2.45, 2.75) is 6.10 Å². The van der Waals surface area contributed by atoms with Gasteiger partial charge in [0.25, 0.3) is 0 Å². The van der Waals surface area contributed by atoms with Gasteiger partial charge >= 0.3 is 0 Å². The molecule has 0 bridgehead atoms. The lowest BCUT2D eigenvalue weighted by Gasteiger charge is -2.14. The molecule has 0 aliphatic rings. The summed E-state index contributed by atoms with van der Waals surface area (Å²) in [5, 5.41) is 14.1. The SMILES string of the molecule is COc1ccccc1OCCNC[C@H](O)COc1ccc2[nH]c(=O)ccc2c1. The fraction of sp³-hybridized carbons (Fsp3) is 0.286. The van der Waals surface area contributed by atoms with Crippen LogP contribution < -0.4 is 25.1 Å². The molecule has 2 aromatic carbocycles. The van der Waals surface area contributed by atoms with Gasteiger partial charge in [0.15, 0.2) is 11.5 Å². The lowest BCUT2D eigenvalue weighted by atomic mass is 10.2. The molecule has 0 spiro atoms. The van der Waals surface area contributed by atoms with Crippen molar-refractivity contribution in [2.24, 2.45) is 0 Å². The third-order valence-electron chi connectivity index (χ3n) is 4.12. The highest BCUT2D eigenvalue weighted by Crippen LogP contribution is 2.25. The van der Waals surface area contributed by atoms with Crippen LogP contribution in [0.1, 0.15) is 0 Å². The monoisotopic (exact) mass is 384 g/mol. The maximum Gasteiger partial charge on any atom is 0.248 e. The van der Waals surface area contributed by atoms with Gasteiger partial charge in [-0.15, -0.1) is 0 Å². The van der Waals surface area contributed by atoms with Crippen molar-refractivity contribution >= 4 is 10.9 Å². The highest BCUT2D eigenvalue weighted by Gasteiger charge is 2.06. The number of nitrogens with one attached hydrogen (secondary N) is 2. The normalized spacial score (nSPS) is 11.9. The number of para-hydroxylation sites is 2. The Morgan fingerprint density at radius 3 is 2.71 bits per heavy atom. The fourth-order valence-corrected chi connectivity index (χ4v) is 2.71. The van der Waals surface area contributed by atoms with E-state index < -0.39 is 6.10 Å². The summed E-state index contributed by atoms with van der Waals surface area (Å²) in [6.07, 6.45) is -0.655. The first kappa shape index (κ1) is 19.7. The fourth-order valence-electron chi connectivity index (χ4n) is 2.71. The highest BCUT2D eigenvalue weighted by atomic mass is 16.5. The number of hydrogen-bond acceptors (Lipinski definition) is 6. The van der Waals surface area contributed by atoms with E-state index in [9.17, 15) is 9.90 Å². The van der Waals surface area contributed by atoms with Crippen LogP contribution in [0.25, 0.3) is 10.9 Å². The minimum Gasteiger partial charge on any atom is -0.493 e. The zero-order valence-corrected chi connectivity index (χ0v) is 15.7. The molecule has 1 aromatic heterocycles. The predicted octanol–water partition coefficient (Wildman–Crippen LogP) is 1.94. The minimum absolute atomic E-state index is 0.141. The van der Waals surface area contributed by atoms with Crippen molar-refractivity contribution in [2.75, 3.05) is 33.4 Å². The smallest absolute Gasteiger partial charge is 0.248 e. The molecule has 0 saturated heterocycles. The number of ether oxygens (including phenoxy) is 3. The van der Waals surface area contributed by atoms with Gasteiger partial charge in [0.05, 0.1) is 7.11 Å².